The molecule has 2 aromatic rings. The van der Waals surface area contributed by atoms with Crippen molar-refractivity contribution >= 4 is 33.2 Å². The Balaban J connectivity index is 1.85. The van der Waals surface area contributed by atoms with Crippen molar-refractivity contribution in [3.05, 3.63) is 69.8 Å². The lowest BCUT2D eigenvalue weighted by Crippen LogP contribution is -2.23. The zero-order chi connectivity index (χ0) is 15.1. The van der Waals surface area contributed by atoms with Crippen LogP contribution < -0.4 is 16.0 Å². The second-order valence-electron chi connectivity index (χ2n) is 5.37. The van der Waals surface area contributed by atoms with Crippen LogP contribution in [0.2, 0.25) is 0 Å². The van der Waals surface area contributed by atoms with E-state index in [0.717, 1.165) is 32.7 Å². The molecule has 4 rings (SSSR count). The zero-order valence-corrected chi connectivity index (χ0v) is 13.3. The van der Waals surface area contributed by atoms with Crippen molar-refractivity contribution in [2.45, 2.75) is 6.04 Å². The summed E-state index contributed by atoms with van der Waals surface area (Å²) in [6.07, 6.45) is 0. The van der Waals surface area contributed by atoms with Gasteiger partial charge in [0.05, 0.1) is 29.5 Å². The quantitative estimate of drug-likeness (QED) is 0.734. The minimum Gasteiger partial charge on any atom is -0.372 e. The SMILES string of the molecule is O=C1NCC2=C1[C@H](c1ccc(Br)cc1)Nc1ccccc1N2. The molecule has 0 spiro atoms. The third-order valence-corrected chi connectivity index (χ3v) is 4.53. The Bertz CT molecular complexity index is 783. The van der Waals surface area contributed by atoms with Gasteiger partial charge in [-0.3, -0.25) is 4.79 Å². The average Bonchev–Trinajstić information content (AvgIpc) is 2.79. The van der Waals surface area contributed by atoms with Crippen LogP contribution in [-0.2, 0) is 4.79 Å². The monoisotopic (exact) mass is 355 g/mol. The molecule has 2 aromatic carbocycles. The van der Waals surface area contributed by atoms with Crippen LogP contribution in [0.3, 0.4) is 0 Å². The maximum absolute atomic E-state index is 12.3. The Kier molecular flexibility index (Phi) is 3.15. The highest BCUT2D eigenvalue weighted by atomic mass is 79.9. The van der Waals surface area contributed by atoms with Crippen LogP contribution in [-0.4, -0.2) is 12.5 Å². The molecule has 22 heavy (non-hydrogen) atoms. The molecule has 0 aromatic heterocycles. The number of nitrogens with one attached hydrogen (secondary N) is 3. The van der Waals surface area contributed by atoms with Crippen molar-refractivity contribution in [1.82, 2.24) is 5.32 Å². The van der Waals surface area contributed by atoms with E-state index in [9.17, 15) is 4.79 Å². The molecule has 0 saturated carbocycles. The summed E-state index contributed by atoms with van der Waals surface area (Å²) in [4.78, 5) is 12.3. The maximum atomic E-state index is 12.3. The van der Waals surface area contributed by atoms with Gasteiger partial charge in [0, 0.05) is 10.2 Å². The smallest absolute Gasteiger partial charge is 0.251 e. The molecule has 0 radical (unpaired) electrons. The van der Waals surface area contributed by atoms with Gasteiger partial charge in [0.15, 0.2) is 0 Å². The number of rotatable bonds is 1. The maximum Gasteiger partial charge on any atom is 0.251 e. The summed E-state index contributed by atoms with van der Waals surface area (Å²) in [6, 6.07) is 15.9. The predicted octanol–water partition coefficient (Wildman–Crippen LogP) is 3.41. The first-order valence-electron chi connectivity index (χ1n) is 7.11. The largest absolute Gasteiger partial charge is 0.372 e. The van der Waals surface area contributed by atoms with Crippen molar-refractivity contribution in [2.24, 2.45) is 0 Å². The number of amides is 1. The van der Waals surface area contributed by atoms with Gasteiger partial charge in [-0.2, -0.15) is 0 Å². The van der Waals surface area contributed by atoms with Gasteiger partial charge in [-0.1, -0.05) is 40.2 Å². The van der Waals surface area contributed by atoms with Crippen LogP contribution >= 0.6 is 15.9 Å². The topological polar surface area (TPSA) is 53.2 Å². The van der Waals surface area contributed by atoms with Gasteiger partial charge in [-0.05, 0) is 29.8 Å². The number of para-hydroxylation sites is 2. The molecule has 1 amide bonds. The molecule has 5 heteroatoms. The molecule has 2 aliphatic heterocycles. The minimum absolute atomic E-state index is 0.0178. The second kappa shape index (κ2) is 5.18. The van der Waals surface area contributed by atoms with E-state index < -0.39 is 0 Å². The van der Waals surface area contributed by atoms with E-state index in [-0.39, 0.29) is 11.9 Å². The molecular formula is C17H14BrN3O. The lowest BCUT2D eigenvalue weighted by Gasteiger charge is -2.20. The van der Waals surface area contributed by atoms with E-state index >= 15 is 0 Å². The van der Waals surface area contributed by atoms with Crippen LogP contribution in [0.5, 0.6) is 0 Å². The highest BCUT2D eigenvalue weighted by Crippen LogP contribution is 2.37. The van der Waals surface area contributed by atoms with E-state index in [2.05, 4.69) is 31.9 Å². The Labute approximate surface area is 136 Å². The fourth-order valence-corrected chi connectivity index (χ4v) is 3.19. The zero-order valence-electron chi connectivity index (χ0n) is 11.7. The summed E-state index contributed by atoms with van der Waals surface area (Å²) in [7, 11) is 0. The van der Waals surface area contributed by atoms with E-state index in [1.54, 1.807) is 0 Å². The van der Waals surface area contributed by atoms with Crippen molar-refractivity contribution in [2.75, 3.05) is 17.2 Å². The van der Waals surface area contributed by atoms with Crippen LogP contribution in [0.4, 0.5) is 11.4 Å². The average molecular weight is 356 g/mol. The van der Waals surface area contributed by atoms with Crippen LogP contribution in [0.15, 0.2) is 64.3 Å². The van der Waals surface area contributed by atoms with E-state index in [1.165, 1.54) is 0 Å². The first-order chi connectivity index (χ1) is 10.7. The fourth-order valence-electron chi connectivity index (χ4n) is 2.93. The number of carbonyl (C=O) groups is 1. The molecule has 0 bridgehead atoms. The fraction of sp³-hybridized carbons (Fsp3) is 0.118. The lowest BCUT2D eigenvalue weighted by atomic mass is 9.98. The summed E-state index contributed by atoms with van der Waals surface area (Å²) in [5.41, 5.74) is 4.75. The molecule has 2 heterocycles. The molecule has 110 valence electrons. The number of benzene rings is 2. The molecule has 3 N–H and O–H groups in total. The number of carbonyl (C=O) groups excluding carboxylic acids is 1. The molecule has 0 fully saturated rings. The summed E-state index contributed by atoms with van der Waals surface area (Å²) < 4.78 is 1.02. The Morgan fingerprint density at radius 1 is 1.00 bits per heavy atom. The molecule has 0 aliphatic carbocycles. The van der Waals surface area contributed by atoms with E-state index in [1.807, 2.05) is 48.5 Å². The number of anilines is 2. The molecular weight excluding hydrogens is 342 g/mol. The van der Waals surface area contributed by atoms with Crippen LogP contribution in [0.1, 0.15) is 11.6 Å². The summed E-state index contributed by atoms with van der Waals surface area (Å²) >= 11 is 3.45. The summed E-state index contributed by atoms with van der Waals surface area (Å²) in [5, 5.41) is 9.79. The van der Waals surface area contributed by atoms with Gasteiger partial charge in [0.1, 0.15) is 0 Å². The first-order valence-corrected chi connectivity index (χ1v) is 7.91. The molecule has 0 unspecified atom stereocenters. The van der Waals surface area contributed by atoms with Gasteiger partial charge in [0.2, 0.25) is 0 Å². The highest BCUT2D eigenvalue weighted by molar-refractivity contribution is 9.10. The van der Waals surface area contributed by atoms with Gasteiger partial charge < -0.3 is 16.0 Å². The third-order valence-electron chi connectivity index (χ3n) is 4.00. The van der Waals surface area contributed by atoms with Crippen molar-refractivity contribution < 1.29 is 4.79 Å². The van der Waals surface area contributed by atoms with Gasteiger partial charge in [0.25, 0.3) is 5.91 Å². The lowest BCUT2D eigenvalue weighted by molar-refractivity contribution is -0.116. The van der Waals surface area contributed by atoms with Gasteiger partial charge in [-0.15, -0.1) is 0 Å². The number of fused-ring (bicyclic) bond motifs is 1. The standard InChI is InChI=1S/C17H14BrN3O/c18-11-7-5-10(6-8-11)16-15-14(9-19-17(15)22)20-12-3-1-2-4-13(12)21-16/h1-8,16,20-21H,9H2,(H,19,22)/t16-/m0/s1. The Hall–Kier alpha value is -2.27. The van der Waals surface area contributed by atoms with Crippen LogP contribution in [0, 0.1) is 0 Å². The normalized spacial score (nSPS) is 19.5. The third kappa shape index (κ3) is 2.18. The minimum atomic E-state index is -0.165. The summed E-state index contributed by atoms with van der Waals surface area (Å²) in [6.45, 7) is 0.539. The van der Waals surface area contributed by atoms with Gasteiger partial charge in [-0.25, -0.2) is 0 Å². The Morgan fingerprint density at radius 2 is 1.73 bits per heavy atom. The van der Waals surface area contributed by atoms with Gasteiger partial charge >= 0.3 is 0 Å². The number of halogens is 1. The molecule has 4 nitrogen and oxygen atoms in total. The van der Waals surface area contributed by atoms with E-state index in [0.29, 0.717) is 6.54 Å². The van der Waals surface area contributed by atoms with Crippen molar-refractivity contribution in [1.29, 1.82) is 0 Å². The van der Waals surface area contributed by atoms with Crippen LogP contribution in [0.25, 0.3) is 0 Å². The van der Waals surface area contributed by atoms with E-state index in [4.69, 9.17) is 0 Å². The van der Waals surface area contributed by atoms with Crippen molar-refractivity contribution in [3.8, 4) is 0 Å². The van der Waals surface area contributed by atoms with Crippen molar-refractivity contribution in [3.63, 3.8) is 0 Å². The summed E-state index contributed by atoms with van der Waals surface area (Å²) in [5.74, 6) is -0.0178. The highest BCUT2D eigenvalue weighted by Gasteiger charge is 2.33. The predicted molar refractivity (Wildman–Crippen MR) is 90.6 cm³/mol. The Morgan fingerprint density at radius 3 is 2.50 bits per heavy atom. The number of hydrogen-bond acceptors (Lipinski definition) is 3. The molecule has 1 atom stereocenters. The second-order valence-corrected chi connectivity index (χ2v) is 6.29. The molecule has 2 aliphatic rings. The number of hydrogen-bond donors (Lipinski definition) is 3. The first kappa shape index (κ1) is 13.4. The molecule has 0 saturated heterocycles.